The standard InChI is InChI=1S/C18H21N3/c1-12-6-5-7-14(10-12)21-16-9-8-13(19)11-15(16)20-17(21)18(2,3)4/h5-11H,19H2,1-4H3. The van der Waals surface area contributed by atoms with E-state index in [-0.39, 0.29) is 5.41 Å². The second kappa shape index (κ2) is 4.62. The van der Waals surface area contributed by atoms with Gasteiger partial charge in [0.2, 0.25) is 0 Å². The largest absolute Gasteiger partial charge is 0.399 e. The quantitative estimate of drug-likeness (QED) is 0.678. The molecule has 3 heteroatoms. The summed E-state index contributed by atoms with van der Waals surface area (Å²) < 4.78 is 2.24. The minimum atomic E-state index is -0.0441. The zero-order valence-electron chi connectivity index (χ0n) is 13.0. The fourth-order valence-electron chi connectivity index (χ4n) is 2.63. The summed E-state index contributed by atoms with van der Waals surface area (Å²) in [6, 6.07) is 14.4. The van der Waals surface area contributed by atoms with Gasteiger partial charge in [0, 0.05) is 16.8 Å². The highest BCUT2D eigenvalue weighted by molar-refractivity contribution is 5.81. The Bertz CT molecular complexity index is 807. The monoisotopic (exact) mass is 279 g/mol. The molecule has 0 aliphatic heterocycles. The molecule has 0 amide bonds. The van der Waals surface area contributed by atoms with Crippen molar-refractivity contribution < 1.29 is 0 Å². The molecule has 3 rings (SSSR count). The Morgan fingerprint density at radius 3 is 2.48 bits per heavy atom. The van der Waals surface area contributed by atoms with E-state index in [0.717, 1.165) is 28.2 Å². The number of benzene rings is 2. The number of hydrogen-bond acceptors (Lipinski definition) is 2. The van der Waals surface area contributed by atoms with E-state index >= 15 is 0 Å². The van der Waals surface area contributed by atoms with Crippen LogP contribution in [0.3, 0.4) is 0 Å². The van der Waals surface area contributed by atoms with Crippen LogP contribution < -0.4 is 5.73 Å². The first kappa shape index (κ1) is 13.7. The van der Waals surface area contributed by atoms with Crippen LogP contribution in [0.5, 0.6) is 0 Å². The number of nitrogens with two attached hydrogens (primary N) is 1. The van der Waals surface area contributed by atoms with Crippen LogP contribution in [0.4, 0.5) is 5.69 Å². The summed E-state index contributed by atoms with van der Waals surface area (Å²) in [4.78, 5) is 4.83. The minimum absolute atomic E-state index is 0.0441. The van der Waals surface area contributed by atoms with Crippen molar-refractivity contribution in [3.8, 4) is 5.69 Å². The third-order valence-electron chi connectivity index (χ3n) is 3.61. The van der Waals surface area contributed by atoms with Crippen LogP contribution in [0.1, 0.15) is 32.2 Å². The summed E-state index contributed by atoms with van der Waals surface area (Å²) in [6.45, 7) is 8.66. The van der Waals surface area contributed by atoms with E-state index in [1.165, 1.54) is 5.56 Å². The van der Waals surface area contributed by atoms with Gasteiger partial charge in [0.15, 0.2) is 0 Å². The highest BCUT2D eigenvalue weighted by Gasteiger charge is 2.23. The van der Waals surface area contributed by atoms with Gasteiger partial charge in [-0.1, -0.05) is 32.9 Å². The molecule has 0 saturated carbocycles. The number of fused-ring (bicyclic) bond motifs is 1. The molecule has 3 nitrogen and oxygen atoms in total. The Kier molecular flexibility index (Phi) is 3.01. The second-order valence-electron chi connectivity index (χ2n) is 6.61. The molecule has 0 radical (unpaired) electrons. The van der Waals surface area contributed by atoms with E-state index < -0.39 is 0 Å². The van der Waals surface area contributed by atoms with E-state index in [9.17, 15) is 0 Å². The van der Waals surface area contributed by atoms with Gasteiger partial charge in [-0.05, 0) is 42.8 Å². The molecule has 0 aliphatic carbocycles. The SMILES string of the molecule is Cc1cccc(-n2c(C(C)(C)C)nc3cc(N)ccc32)c1. The number of aromatic nitrogens is 2. The Labute approximate surface area is 125 Å². The van der Waals surface area contributed by atoms with E-state index in [1.54, 1.807) is 0 Å². The van der Waals surface area contributed by atoms with Crippen LogP contribution in [0, 0.1) is 6.92 Å². The normalized spacial score (nSPS) is 12.0. The number of aryl methyl sites for hydroxylation is 1. The molecular formula is C18H21N3. The van der Waals surface area contributed by atoms with Crippen LogP contribution >= 0.6 is 0 Å². The lowest BCUT2D eigenvalue weighted by Crippen LogP contribution is -2.18. The van der Waals surface area contributed by atoms with Gasteiger partial charge in [-0.2, -0.15) is 0 Å². The van der Waals surface area contributed by atoms with Crippen molar-refractivity contribution in [1.82, 2.24) is 9.55 Å². The molecule has 0 atom stereocenters. The van der Waals surface area contributed by atoms with Crippen LogP contribution in [0.25, 0.3) is 16.7 Å². The first-order valence-corrected chi connectivity index (χ1v) is 7.22. The topological polar surface area (TPSA) is 43.8 Å². The second-order valence-corrected chi connectivity index (χ2v) is 6.61. The molecule has 108 valence electrons. The van der Waals surface area contributed by atoms with Gasteiger partial charge in [0.25, 0.3) is 0 Å². The molecule has 0 fully saturated rings. The van der Waals surface area contributed by atoms with Crippen molar-refractivity contribution in [3.63, 3.8) is 0 Å². The fourth-order valence-corrected chi connectivity index (χ4v) is 2.63. The van der Waals surface area contributed by atoms with Gasteiger partial charge in [0.05, 0.1) is 11.0 Å². The van der Waals surface area contributed by atoms with Crippen molar-refractivity contribution in [1.29, 1.82) is 0 Å². The first-order valence-electron chi connectivity index (χ1n) is 7.22. The number of anilines is 1. The number of imidazole rings is 1. The molecule has 0 bridgehead atoms. The van der Waals surface area contributed by atoms with Gasteiger partial charge in [0.1, 0.15) is 5.82 Å². The molecule has 1 aromatic heterocycles. The van der Waals surface area contributed by atoms with Crippen molar-refractivity contribution in [2.24, 2.45) is 0 Å². The van der Waals surface area contributed by atoms with Gasteiger partial charge < -0.3 is 5.73 Å². The average molecular weight is 279 g/mol. The summed E-state index contributed by atoms with van der Waals surface area (Å²) in [5.41, 5.74) is 11.0. The molecule has 2 aromatic carbocycles. The summed E-state index contributed by atoms with van der Waals surface area (Å²) in [5.74, 6) is 1.05. The van der Waals surface area contributed by atoms with Gasteiger partial charge >= 0.3 is 0 Å². The first-order chi connectivity index (χ1) is 9.86. The average Bonchev–Trinajstić information content (AvgIpc) is 2.77. The molecule has 0 unspecified atom stereocenters. The smallest absolute Gasteiger partial charge is 0.119 e. The van der Waals surface area contributed by atoms with Crippen molar-refractivity contribution in [2.75, 3.05) is 5.73 Å². The zero-order chi connectivity index (χ0) is 15.2. The van der Waals surface area contributed by atoms with E-state index in [2.05, 4.69) is 62.6 Å². The molecule has 0 aliphatic rings. The predicted octanol–water partition coefficient (Wildman–Crippen LogP) is 4.21. The summed E-state index contributed by atoms with van der Waals surface area (Å²) in [5, 5.41) is 0. The third-order valence-corrected chi connectivity index (χ3v) is 3.61. The third kappa shape index (κ3) is 2.40. The highest BCUT2D eigenvalue weighted by atomic mass is 15.1. The van der Waals surface area contributed by atoms with Crippen LogP contribution in [0.2, 0.25) is 0 Å². The minimum Gasteiger partial charge on any atom is -0.399 e. The maximum atomic E-state index is 5.91. The Balaban J connectivity index is 2.38. The number of rotatable bonds is 1. The molecule has 21 heavy (non-hydrogen) atoms. The highest BCUT2D eigenvalue weighted by Crippen LogP contribution is 2.30. The lowest BCUT2D eigenvalue weighted by atomic mass is 9.95. The van der Waals surface area contributed by atoms with Crippen molar-refractivity contribution >= 4 is 16.7 Å². The maximum absolute atomic E-state index is 5.91. The molecule has 0 saturated heterocycles. The summed E-state index contributed by atoms with van der Waals surface area (Å²) >= 11 is 0. The summed E-state index contributed by atoms with van der Waals surface area (Å²) in [6.07, 6.45) is 0. The van der Waals surface area contributed by atoms with E-state index in [0.29, 0.717) is 0 Å². The Morgan fingerprint density at radius 1 is 1.05 bits per heavy atom. The van der Waals surface area contributed by atoms with E-state index in [1.807, 2.05) is 12.1 Å². The van der Waals surface area contributed by atoms with E-state index in [4.69, 9.17) is 10.7 Å². The Hall–Kier alpha value is -2.29. The summed E-state index contributed by atoms with van der Waals surface area (Å²) in [7, 11) is 0. The molecule has 0 spiro atoms. The maximum Gasteiger partial charge on any atom is 0.119 e. The van der Waals surface area contributed by atoms with Crippen LogP contribution in [-0.4, -0.2) is 9.55 Å². The van der Waals surface area contributed by atoms with Gasteiger partial charge in [-0.25, -0.2) is 4.98 Å². The van der Waals surface area contributed by atoms with Crippen LogP contribution in [0.15, 0.2) is 42.5 Å². The zero-order valence-corrected chi connectivity index (χ0v) is 13.0. The number of nitrogens with zero attached hydrogens (tertiary/aromatic N) is 2. The van der Waals surface area contributed by atoms with Crippen LogP contribution in [-0.2, 0) is 5.41 Å². The fraction of sp³-hybridized carbons (Fsp3) is 0.278. The van der Waals surface area contributed by atoms with Crippen molar-refractivity contribution in [2.45, 2.75) is 33.1 Å². The molecule has 3 aromatic rings. The van der Waals surface area contributed by atoms with Gasteiger partial charge in [-0.3, -0.25) is 4.57 Å². The molecule has 2 N–H and O–H groups in total. The lowest BCUT2D eigenvalue weighted by molar-refractivity contribution is 0.539. The number of hydrogen-bond donors (Lipinski definition) is 1. The van der Waals surface area contributed by atoms with Gasteiger partial charge in [-0.15, -0.1) is 0 Å². The molecule has 1 heterocycles. The Morgan fingerprint density at radius 2 is 1.81 bits per heavy atom. The van der Waals surface area contributed by atoms with Crippen molar-refractivity contribution in [3.05, 3.63) is 53.9 Å². The predicted molar refractivity (Wildman–Crippen MR) is 88.9 cm³/mol. The number of nitrogen functional groups attached to an aromatic ring is 1. The lowest BCUT2D eigenvalue weighted by Gasteiger charge is -2.20. The molecular weight excluding hydrogens is 258 g/mol.